The number of nitrogens with two attached hydrogens (primary N) is 1. The van der Waals surface area contributed by atoms with Gasteiger partial charge in [-0.3, -0.25) is 10.1 Å². The van der Waals surface area contributed by atoms with E-state index in [1.807, 2.05) is 0 Å². The van der Waals surface area contributed by atoms with Crippen LogP contribution in [0.1, 0.15) is 18.5 Å². The highest BCUT2D eigenvalue weighted by atomic mass is 79.9. The molecule has 1 aromatic carbocycles. The number of phenolic OH excluding ortho intramolecular Hbond substituents is 1. The maximum absolute atomic E-state index is 10.6. The van der Waals surface area contributed by atoms with E-state index < -0.39 is 11.0 Å². The minimum atomic E-state index is -0.532. The summed E-state index contributed by atoms with van der Waals surface area (Å²) in [6, 6.07) is 2.10. The Kier molecular flexibility index (Phi) is 3.07. The zero-order valence-corrected chi connectivity index (χ0v) is 8.98. The lowest BCUT2D eigenvalue weighted by molar-refractivity contribution is -0.385. The Labute approximate surface area is 88.8 Å². The minimum Gasteiger partial charge on any atom is -0.508 e. The number of benzene rings is 1. The van der Waals surface area contributed by atoms with E-state index >= 15 is 0 Å². The third-order valence-electron chi connectivity index (χ3n) is 1.78. The van der Waals surface area contributed by atoms with Crippen LogP contribution in [0.25, 0.3) is 0 Å². The lowest BCUT2D eigenvalue weighted by Crippen LogP contribution is -2.06. The Bertz CT molecular complexity index is 379. The fourth-order valence-corrected chi connectivity index (χ4v) is 1.55. The average Bonchev–Trinajstić information content (AvgIpc) is 2.02. The zero-order chi connectivity index (χ0) is 10.9. The van der Waals surface area contributed by atoms with Gasteiger partial charge in [-0.25, -0.2) is 0 Å². The van der Waals surface area contributed by atoms with Crippen molar-refractivity contribution in [3.8, 4) is 5.75 Å². The predicted octanol–water partition coefficient (Wildman–Crippen LogP) is 2.08. The highest BCUT2D eigenvalue weighted by Gasteiger charge is 2.17. The first-order chi connectivity index (χ1) is 6.43. The molecule has 0 aliphatic rings. The molecule has 0 saturated heterocycles. The molecule has 0 amide bonds. The number of hydrogen-bond acceptors (Lipinski definition) is 4. The SMILES string of the molecule is C[C@@H](N)c1cc([N+](=O)[O-])c(Br)cc1O. The summed E-state index contributed by atoms with van der Waals surface area (Å²) >= 11 is 2.99. The quantitative estimate of drug-likeness (QED) is 0.630. The van der Waals surface area contributed by atoms with Crippen molar-refractivity contribution in [1.82, 2.24) is 0 Å². The molecular formula is C8H9BrN2O3. The Morgan fingerprint density at radius 1 is 1.64 bits per heavy atom. The summed E-state index contributed by atoms with van der Waals surface area (Å²) in [6.07, 6.45) is 0. The van der Waals surface area contributed by atoms with Crippen molar-refractivity contribution < 1.29 is 10.0 Å². The van der Waals surface area contributed by atoms with E-state index in [0.717, 1.165) is 0 Å². The van der Waals surface area contributed by atoms with E-state index in [1.165, 1.54) is 12.1 Å². The summed E-state index contributed by atoms with van der Waals surface area (Å²) in [6.45, 7) is 1.65. The standard InChI is InChI=1S/C8H9BrN2O3/c1-4(10)5-2-7(11(13)14)6(9)3-8(5)12/h2-4,12H,10H2,1H3/t4-/m1/s1. The maximum Gasteiger partial charge on any atom is 0.284 e. The van der Waals surface area contributed by atoms with Gasteiger partial charge in [0, 0.05) is 23.7 Å². The third-order valence-corrected chi connectivity index (χ3v) is 2.42. The molecule has 6 heteroatoms. The van der Waals surface area contributed by atoms with Crippen LogP contribution in [0.4, 0.5) is 5.69 Å². The number of nitrogens with zero attached hydrogens (tertiary/aromatic N) is 1. The maximum atomic E-state index is 10.6. The van der Waals surface area contributed by atoms with E-state index in [4.69, 9.17) is 5.73 Å². The van der Waals surface area contributed by atoms with Crippen molar-refractivity contribution in [3.05, 3.63) is 32.3 Å². The number of aromatic hydroxyl groups is 1. The lowest BCUT2D eigenvalue weighted by Gasteiger charge is -2.08. The zero-order valence-electron chi connectivity index (χ0n) is 7.40. The van der Waals surface area contributed by atoms with Gasteiger partial charge < -0.3 is 10.8 Å². The Morgan fingerprint density at radius 3 is 2.64 bits per heavy atom. The number of hydrogen-bond donors (Lipinski definition) is 2. The molecule has 0 fully saturated rings. The van der Waals surface area contributed by atoms with Gasteiger partial charge in [-0.05, 0) is 22.9 Å². The molecule has 3 N–H and O–H groups in total. The van der Waals surface area contributed by atoms with Gasteiger partial charge in [-0.1, -0.05) is 0 Å². The summed E-state index contributed by atoms with van der Waals surface area (Å²) < 4.78 is 0.240. The first-order valence-corrected chi connectivity index (χ1v) is 4.65. The molecule has 5 nitrogen and oxygen atoms in total. The molecule has 0 bridgehead atoms. The molecule has 76 valence electrons. The van der Waals surface area contributed by atoms with Gasteiger partial charge in [-0.2, -0.15) is 0 Å². The number of nitro benzene ring substituents is 1. The minimum absolute atomic E-state index is 0.0440. The van der Waals surface area contributed by atoms with E-state index in [2.05, 4.69) is 15.9 Å². The van der Waals surface area contributed by atoms with Gasteiger partial charge in [0.05, 0.1) is 9.40 Å². The number of nitro groups is 1. The largest absolute Gasteiger partial charge is 0.508 e. The van der Waals surface area contributed by atoms with Crippen molar-refractivity contribution in [3.63, 3.8) is 0 Å². The molecule has 1 aromatic rings. The fourth-order valence-electron chi connectivity index (χ4n) is 1.07. The Balaban J connectivity index is 3.34. The van der Waals surface area contributed by atoms with E-state index in [1.54, 1.807) is 6.92 Å². The second-order valence-electron chi connectivity index (χ2n) is 2.91. The molecule has 0 spiro atoms. The second kappa shape index (κ2) is 3.93. The lowest BCUT2D eigenvalue weighted by atomic mass is 10.1. The highest BCUT2D eigenvalue weighted by Crippen LogP contribution is 2.34. The molecule has 0 aliphatic carbocycles. The van der Waals surface area contributed by atoms with Crippen molar-refractivity contribution in [2.45, 2.75) is 13.0 Å². The van der Waals surface area contributed by atoms with Gasteiger partial charge in [0.25, 0.3) is 5.69 Å². The summed E-state index contributed by atoms with van der Waals surface area (Å²) in [5.74, 6) is -0.0440. The molecule has 0 heterocycles. The topological polar surface area (TPSA) is 89.4 Å². The van der Waals surface area contributed by atoms with E-state index in [-0.39, 0.29) is 15.9 Å². The summed E-state index contributed by atoms with van der Waals surface area (Å²) in [5.41, 5.74) is 5.80. The van der Waals surface area contributed by atoms with Crippen molar-refractivity contribution >= 4 is 21.6 Å². The normalized spacial score (nSPS) is 12.5. The van der Waals surface area contributed by atoms with Gasteiger partial charge in [0.2, 0.25) is 0 Å². The monoisotopic (exact) mass is 260 g/mol. The van der Waals surface area contributed by atoms with Gasteiger partial charge in [0.1, 0.15) is 5.75 Å². The Morgan fingerprint density at radius 2 is 2.21 bits per heavy atom. The van der Waals surface area contributed by atoms with E-state index in [0.29, 0.717) is 5.56 Å². The molecular weight excluding hydrogens is 252 g/mol. The first-order valence-electron chi connectivity index (χ1n) is 3.86. The van der Waals surface area contributed by atoms with Crippen LogP contribution in [-0.4, -0.2) is 10.0 Å². The third kappa shape index (κ3) is 2.02. The van der Waals surface area contributed by atoms with Crippen molar-refractivity contribution in [2.75, 3.05) is 0 Å². The van der Waals surface area contributed by atoms with Crippen LogP contribution in [0, 0.1) is 10.1 Å². The van der Waals surface area contributed by atoms with Crippen LogP contribution in [0.15, 0.2) is 16.6 Å². The van der Waals surface area contributed by atoms with Gasteiger partial charge >= 0.3 is 0 Å². The number of halogens is 1. The summed E-state index contributed by atoms with van der Waals surface area (Å²) in [4.78, 5) is 10.0. The van der Waals surface area contributed by atoms with Crippen LogP contribution in [0.5, 0.6) is 5.75 Å². The molecule has 0 radical (unpaired) electrons. The second-order valence-corrected chi connectivity index (χ2v) is 3.76. The van der Waals surface area contributed by atoms with Crippen LogP contribution >= 0.6 is 15.9 Å². The molecule has 1 atom stereocenters. The first kappa shape index (κ1) is 10.9. The smallest absolute Gasteiger partial charge is 0.284 e. The molecule has 0 saturated carbocycles. The Hall–Kier alpha value is -1.14. The van der Waals surface area contributed by atoms with Crippen LogP contribution in [-0.2, 0) is 0 Å². The molecule has 14 heavy (non-hydrogen) atoms. The fraction of sp³-hybridized carbons (Fsp3) is 0.250. The number of rotatable bonds is 2. The molecule has 0 aliphatic heterocycles. The molecule has 1 rings (SSSR count). The van der Waals surface area contributed by atoms with E-state index in [9.17, 15) is 15.2 Å². The average molecular weight is 261 g/mol. The number of phenols is 1. The van der Waals surface area contributed by atoms with Gasteiger partial charge in [0.15, 0.2) is 0 Å². The van der Waals surface area contributed by atoms with Crippen molar-refractivity contribution in [1.29, 1.82) is 0 Å². The summed E-state index contributed by atoms with van der Waals surface area (Å²) in [5, 5.41) is 20.0. The summed E-state index contributed by atoms with van der Waals surface area (Å²) in [7, 11) is 0. The molecule has 0 aromatic heterocycles. The predicted molar refractivity (Wildman–Crippen MR) is 55.1 cm³/mol. The molecule has 0 unspecified atom stereocenters. The van der Waals surface area contributed by atoms with Crippen molar-refractivity contribution in [2.24, 2.45) is 5.73 Å². The highest BCUT2D eigenvalue weighted by molar-refractivity contribution is 9.10. The van der Waals surface area contributed by atoms with Gasteiger partial charge in [-0.15, -0.1) is 0 Å². The van der Waals surface area contributed by atoms with Crippen LogP contribution in [0.3, 0.4) is 0 Å². The van der Waals surface area contributed by atoms with Crippen LogP contribution < -0.4 is 5.73 Å². The van der Waals surface area contributed by atoms with Crippen LogP contribution in [0.2, 0.25) is 0 Å².